The fraction of sp³-hybridized carbons (Fsp3) is 0.188. The van der Waals surface area contributed by atoms with Gasteiger partial charge in [-0.15, -0.1) is 22.7 Å². The van der Waals surface area contributed by atoms with Gasteiger partial charge in [0.15, 0.2) is 0 Å². The first-order chi connectivity index (χ1) is 20.1. The molecule has 5 aromatic rings. The highest BCUT2D eigenvalue weighted by Crippen LogP contribution is 2.41. The normalized spacial score (nSPS) is 11.6. The number of nitriles is 1. The summed E-state index contributed by atoms with van der Waals surface area (Å²) >= 11 is 3.03. The lowest BCUT2D eigenvalue weighted by Crippen LogP contribution is -2.39. The zero-order valence-electron chi connectivity index (χ0n) is 23.2. The Morgan fingerprint density at radius 3 is 2.21 bits per heavy atom. The van der Waals surface area contributed by atoms with Crippen LogP contribution in [0.3, 0.4) is 0 Å². The molecule has 0 aliphatic carbocycles. The average molecular weight is 598 g/mol. The van der Waals surface area contributed by atoms with E-state index in [0.717, 1.165) is 26.7 Å². The Bertz CT molecular complexity index is 1940. The highest BCUT2D eigenvalue weighted by atomic mass is 32.1. The largest absolute Gasteiger partial charge is 0.480 e. The number of carbonyl (C=O) groups is 3. The number of carbonyl (C=O) groups excluding carboxylic acids is 1. The zero-order chi connectivity index (χ0) is 30.1. The molecule has 2 N–H and O–H groups in total. The predicted octanol–water partition coefficient (Wildman–Crippen LogP) is 6.79. The molecule has 0 radical (unpaired) electrons. The summed E-state index contributed by atoms with van der Waals surface area (Å²) in [5.41, 5.74) is 5.80. The molecular weight excluding hydrogens is 571 g/mol. The minimum atomic E-state index is -1.37. The second-order valence-corrected chi connectivity index (χ2v) is 12.1. The van der Waals surface area contributed by atoms with Crippen LogP contribution < -0.4 is 0 Å². The van der Waals surface area contributed by atoms with Crippen molar-refractivity contribution in [1.29, 1.82) is 5.26 Å². The number of fused-ring (bicyclic) bond motifs is 3. The van der Waals surface area contributed by atoms with E-state index >= 15 is 0 Å². The third kappa shape index (κ3) is 5.44. The summed E-state index contributed by atoms with van der Waals surface area (Å²) in [5, 5.41) is 30.2. The molecule has 212 valence electrons. The van der Waals surface area contributed by atoms with Crippen molar-refractivity contribution in [2.24, 2.45) is 0 Å². The second-order valence-electron chi connectivity index (χ2n) is 9.88. The number of hydrogen-bond donors (Lipinski definition) is 2. The van der Waals surface area contributed by atoms with E-state index in [0.29, 0.717) is 9.78 Å². The van der Waals surface area contributed by atoms with Crippen LogP contribution in [0.5, 0.6) is 0 Å². The number of nitrogens with zero attached hydrogens (tertiary/aromatic N) is 3. The smallest absolute Gasteiger partial charge is 0.323 e. The minimum Gasteiger partial charge on any atom is -0.480 e. The van der Waals surface area contributed by atoms with Crippen LogP contribution in [0, 0.1) is 25.2 Å². The molecule has 0 fully saturated rings. The van der Waals surface area contributed by atoms with Crippen LogP contribution in [0.1, 0.15) is 22.9 Å². The summed E-state index contributed by atoms with van der Waals surface area (Å²) in [6.45, 7) is 5.73. The first kappa shape index (κ1) is 28.8. The monoisotopic (exact) mass is 597 g/mol. The van der Waals surface area contributed by atoms with Gasteiger partial charge in [-0.3, -0.25) is 14.4 Å². The Morgan fingerprint density at radius 1 is 0.905 bits per heavy atom. The molecule has 2 aromatic carbocycles. The van der Waals surface area contributed by atoms with Gasteiger partial charge in [0.1, 0.15) is 24.7 Å². The van der Waals surface area contributed by atoms with Crippen molar-refractivity contribution in [1.82, 2.24) is 9.47 Å². The number of benzene rings is 2. The second kappa shape index (κ2) is 11.6. The lowest BCUT2D eigenvalue weighted by molar-refractivity contribution is -0.147. The fourth-order valence-corrected chi connectivity index (χ4v) is 7.27. The zero-order valence-corrected chi connectivity index (χ0v) is 24.8. The van der Waals surface area contributed by atoms with Crippen LogP contribution in [-0.2, 0) is 20.9 Å². The number of hydrogen-bond acceptors (Lipinski definition) is 6. The van der Waals surface area contributed by atoms with Crippen molar-refractivity contribution >= 4 is 68.4 Å². The number of carboxylic acids is 2. The van der Waals surface area contributed by atoms with Gasteiger partial charge in [0.05, 0.1) is 5.52 Å². The van der Waals surface area contributed by atoms with E-state index in [2.05, 4.69) is 61.7 Å². The number of carboxylic acid groups (broad SMARTS) is 2. The highest BCUT2D eigenvalue weighted by Gasteiger charge is 2.23. The summed E-state index contributed by atoms with van der Waals surface area (Å²) in [6.07, 6.45) is 1.36. The van der Waals surface area contributed by atoms with E-state index < -0.39 is 30.9 Å². The maximum absolute atomic E-state index is 12.7. The molecule has 42 heavy (non-hydrogen) atoms. The van der Waals surface area contributed by atoms with Crippen LogP contribution in [0.4, 0.5) is 0 Å². The van der Waals surface area contributed by atoms with E-state index in [1.165, 1.54) is 50.3 Å². The summed E-state index contributed by atoms with van der Waals surface area (Å²) in [6, 6.07) is 20.6. The van der Waals surface area contributed by atoms with Crippen LogP contribution >= 0.6 is 22.7 Å². The third-order valence-corrected chi connectivity index (χ3v) is 9.43. The summed E-state index contributed by atoms with van der Waals surface area (Å²) < 4.78 is 2.38. The number of aryl methyl sites for hydroxylation is 3. The Morgan fingerprint density at radius 2 is 1.55 bits per heavy atom. The number of amides is 1. The van der Waals surface area contributed by atoms with Crippen molar-refractivity contribution in [2.45, 2.75) is 27.3 Å². The summed E-state index contributed by atoms with van der Waals surface area (Å²) in [7, 11) is 0. The SMILES string of the molecule is CCn1c2ccc(-c3ccc(-c4ccc(C=C(C#N)C(=O)N(CC(=O)O)CC(=O)O)s4)s3)cc2c2c(C)ccc(C)c21. The Labute approximate surface area is 250 Å². The minimum absolute atomic E-state index is 0.331. The molecule has 0 aliphatic rings. The standard InChI is InChI=1S/C32H27N3O5S2/c1-4-35-24-9-7-20(14-23(24)30-18(2)5-6-19(3)31(30)35)25-11-12-27(42-25)26-10-8-22(41-26)13-21(15-33)32(40)34(16-28(36)37)17-29(38)39/h5-14H,4,16-17H2,1-3H3,(H,36,37)(H,38,39). The first-order valence-corrected chi connectivity index (χ1v) is 14.8. The van der Waals surface area contributed by atoms with Gasteiger partial charge in [-0.05, 0) is 79.9 Å². The van der Waals surface area contributed by atoms with Crippen LogP contribution in [0.15, 0.2) is 60.2 Å². The topological polar surface area (TPSA) is 124 Å². The maximum Gasteiger partial charge on any atom is 0.323 e. The van der Waals surface area contributed by atoms with Gasteiger partial charge in [0, 0.05) is 42.3 Å². The van der Waals surface area contributed by atoms with Crippen LogP contribution in [0.25, 0.3) is 48.1 Å². The van der Waals surface area contributed by atoms with E-state index in [9.17, 15) is 19.6 Å². The molecule has 0 bridgehead atoms. The molecule has 8 nitrogen and oxygen atoms in total. The number of thiophene rings is 2. The number of aromatic nitrogens is 1. The van der Waals surface area contributed by atoms with Gasteiger partial charge in [-0.25, -0.2) is 0 Å². The Hall–Kier alpha value is -4.72. The van der Waals surface area contributed by atoms with Gasteiger partial charge < -0.3 is 19.7 Å². The molecular formula is C32H27N3O5S2. The van der Waals surface area contributed by atoms with Gasteiger partial charge in [0.2, 0.25) is 0 Å². The predicted molar refractivity (Wildman–Crippen MR) is 167 cm³/mol. The van der Waals surface area contributed by atoms with Crippen molar-refractivity contribution in [3.63, 3.8) is 0 Å². The molecule has 1 amide bonds. The van der Waals surface area contributed by atoms with E-state index in [1.54, 1.807) is 23.5 Å². The average Bonchev–Trinajstić information content (AvgIpc) is 3.69. The van der Waals surface area contributed by atoms with Gasteiger partial charge in [-0.2, -0.15) is 5.26 Å². The molecule has 0 aliphatic heterocycles. The van der Waals surface area contributed by atoms with Crippen molar-refractivity contribution < 1.29 is 24.6 Å². The Balaban J connectivity index is 1.45. The lowest BCUT2D eigenvalue weighted by Gasteiger charge is -2.17. The molecule has 10 heteroatoms. The molecule has 3 aromatic heterocycles. The third-order valence-electron chi connectivity index (χ3n) is 7.07. The quantitative estimate of drug-likeness (QED) is 0.142. The molecule has 0 spiro atoms. The molecule has 0 saturated carbocycles. The molecule has 5 rings (SSSR count). The molecule has 0 saturated heterocycles. The van der Waals surface area contributed by atoms with E-state index in [1.807, 2.05) is 12.1 Å². The van der Waals surface area contributed by atoms with Gasteiger partial charge in [-0.1, -0.05) is 18.2 Å². The van der Waals surface area contributed by atoms with Crippen LogP contribution in [-0.4, -0.2) is 50.6 Å². The van der Waals surface area contributed by atoms with Crippen molar-refractivity contribution in [3.05, 3.63) is 76.2 Å². The Kier molecular flexibility index (Phi) is 7.98. The van der Waals surface area contributed by atoms with Crippen molar-refractivity contribution in [3.8, 4) is 26.3 Å². The molecule has 3 heterocycles. The first-order valence-electron chi connectivity index (χ1n) is 13.2. The highest BCUT2D eigenvalue weighted by molar-refractivity contribution is 7.24. The van der Waals surface area contributed by atoms with Crippen LogP contribution in [0.2, 0.25) is 0 Å². The summed E-state index contributed by atoms with van der Waals surface area (Å²) in [4.78, 5) is 39.3. The van der Waals surface area contributed by atoms with Gasteiger partial charge >= 0.3 is 11.9 Å². The van der Waals surface area contributed by atoms with E-state index in [4.69, 9.17) is 10.2 Å². The van der Waals surface area contributed by atoms with Gasteiger partial charge in [0.25, 0.3) is 5.91 Å². The lowest BCUT2D eigenvalue weighted by atomic mass is 10.0. The van der Waals surface area contributed by atoms with E-state index in [-0.39, 0.29) is 5.57 Å². The van der Waals surface area contributed by atoms with Crippen molar-refractivity contribution in [2.75, 3.05) is 13.1 Å². The number of aliphatic carboxylic acids is 2. The molecule has 0 atom stereocenters. The molecule has 0 unspecified atom stereocenters. The fourth-order valence-electron chi connectivity index (χ4n) is 5.23. The number of rotatable bonds is 9. The summed E-state index contributed by atoms with van der Waals surface area (Å²) in [5.74, 6) is -3.68. The maximum atomic E-state index is 12.7.